The molecule has 0 spiro atoms. The highest BCUT2D eigenvalue weighted by molar-refractivity contribution is 7.99. The topological polar surface area (TPSA) is 9.72 Å². The summed E-state index contributed by atoms with van der Waals surface area (Å²) in [5.41, 5.74) is 2.55. The molecule has 0 bridgehead atoms. The monoisotopic (exact) mass is 445 g/mol. The van der Waals surface area contributed by atoms with Crippen LogP contribution in [0, 0.1) is 0 Å². The Morgan fingerprint density at radius 2 is 1.59 bits per heavy atom. The van der Waals surface area contributed by atoms with E-state index in [1.807, 2.05) is 17.8 Å². The van der Waals surface area contributed by atoms with Crippen LogP contribution in [0.3, 0.4) is 0 Å². The molecule has 0 aromatic heterocycles. The number of para-hydroxylation sites is 1. The molecular weight excluding hydrogens is 421 g/mol. The third-order valence-electron chi connectivity index (χ3n) is 5.04. The SMILES string of the molecule is CN1CCN(CCCN2c3ccccc3Sc3ccc(Cl)cc32)CC1.Cl.Cl. The summed E-state index contributed by atoms with van der Waals surface area (Å²) in [6.07, 6.45) is 1.16. The first-order valence-corrected chi connectivity index (χ1v) is 10.1. The van der Waals surface area contributed by atoms with Crippen molar-refractivity contribution >= 4 is 59.6 Å². The van der Waals surface area contributed by atoms with E-state index < -0.39 is 0 Å². The molecule has 2 aliphatic heterocycles. The van der Waals surface area contributed by atoms with Crippen LogP contribution in [0.25, 0.3) is 0 Å². The quantitative estimate of drug-likeness (QED) is 0.619. The van der Waals surface area contributed by atoms with Crippen LogP contribution < -0.4 is 4.90 Å². The number of nitrogens with zero attached hydrogens (tertiary/aromatic N) is 3. The maximum absolute atomic E-state index is 6.29. The van der Waals surface area contributed by atoms with E-state index in [2.05, 4.69) is 58.1 Å². The van der Waals surface area contributed by atoms with Gasteiger partial charge in [0.15, 0.2) is 0 Å². The Morgan fingerprint density at radius 1 is 0.889 bits per heavy atom. The number of likely N-dealkylation sites (N-methyl/N-ethyl adjacent to an activating group) is 1. The first-order valence-electron chi connectivity index (χ1n) is 8.95. The number of piperazine rings is 1. The van der Waals surface area contributed by atoms with Crippen molar-refractivity contribution < 1.29 is 0 Å². The highest BCUT2D eigenvalue weighted by Crippen LogP contribution is 2.48. The van der Waals surface area contributed by atoms with Crippen LogP contribution in [0.1, 0.15) is 6.42 Å². The first kappa shape index (κ1) is 22.7. The van der Waals surface area contributed by atoms with Gasteiger partial charge in [-0.1, -0.05) is 35.5 Å². The van der Waals surface area contributed by atoms with E-state index in [0.717, 1.165) is 24.5 Å². The Kier molecular flexibility index (Phi) is 8.60. The van der Waals surface area contributed by atoms with Gasteiger partial charge in [-0.15, -0.1) is 24.8 Å². The molecular formula is C20H26Cl3N3S. The van der Waals surface area contributed by atoms with E-state index in [-0.39, 0.29) is 24.8 Å². The fourth-order valence-electron chi connectivity index (χ4n) is 3.57. The molecule has 0 N–H and O–H groups in total. The molecule has 0 radical (unpaired) electrons. The molecule has 148 valence electrons. The van der Waals surface area contributed by atoms with Crippen LogP contribution in [0.15, 0.2) is 52.3 Å². The number of benzene rings is 2. The Morgan fingerprint density at radius 3 is 2.37 bits per heavy atom. The second-order valence-corrected chi connectivity index (χ2v) is 8.35. The van der Waals surface area contributed by atoms with Crippen molar-refractivity contribution in [1.29, 1.82) is 0 Å². The highest BCUT2D eigenvalue weighted by atomic mass is 35.5. The van der Waals surface area contributed by atoms with Crippen LogP contribution in [-0.2, 0) is 0 Å². The van der Waals surface area contributed by atoms with Crippen LogP contribution in [-0.4, -0.2) is 56.1 Å². The van der Waals surface area contributed by atoms with Crippen LogP contribution in [0.5, 0.6) is 0 Å². The molecule has 4 rings (SSSR count). The van der Waals surface area contributed by atoms with E-state index >= 15 is 0 Å². The molecule has 1 saturated heterocycles. The summed E-state index contributed by atoms with van der Waals surface area (Å²) in [5.74, 6) is 0. The predicted octanol–water partition coefficient (Wildman–Crippen LogP) is 5.42. The highest BCUT2D eigenvalue weighted by Gasteiger charge is 2.23. The van der Waals surface area contributed by atoms with Crippen molar-refractivity contribution in [1.82, 2.24) is 9.80 Å². The van der Waals surface area contributed by atoms with Crippen LogP contribution in [0.2, 0.25) is 5.02 Å². The van der Waals surface area contributed by atoms with Crippen molar-refractivity contribution in [2.75, 3.05) is 51.2 Å². The van der Waals surface area contributed by atoms with Gasteiger partial charge in [0.25, 0.3) is 0 Å². The number of fused-ring (bicyclic) bond motifs is 2. The summed E-state index contributed by atoms with van der Waals surface area (Å²) in [7, 11) is 2.21. The third-order valence-corrected chi connectivity index (χ3v) is 6.41. The molecule has 0 saturated carbocycles. The van der Waals surface area contributed by atoms with Gasteiger partial charge in [-0.3, -0.25) is 0 Å². The predicted molar refractivity (Wildman–Crippen MR) is 122 cm³/mol. The minimum atomic E-state index is 0. The number of halogens is 3. The molecule has 1 fully saturated rings. The molecule has 0 amide bonds. The number of anilines is 2. The Bertz CT molecular complexity index is 751. The van der Waals surface area contributed by atoms with Gasteiger partial charge in [-0.05, 0) is 50.3 Å². The Hall–Kier alpha value is -0.620. The second kappa shape index (κ2) is 10.2. The summed E-state index contributed by atoms with van der Waals surface area (Å²) in [6, 6.07) is 14.9. The van der Waals surface area contributed by atoms with Gasteiger partial charge < -0.3 is 14.7 Å². The zero-order chi connectivity index (χ0) is 17.2. The van der Waals surface area contributed by atoms with E-state index in [1.165, 1.54) is 47.3 Å². The van der Waals surface area contributed by atoms with Gasteiger partial charge in [-0.25, -0.2) is 0 Å². The van der Waals surface area contributed by atoms with Crippen molar-refractivity contribution in [3.05, 3.63) is 47.5 Å². The smallest absolute Gasteiger partial charge is 0.0567 e. The lowest BCUT2D eigenvalue weighted by Gasteiger charge is -2.35. The molecule has 3 nitrogen and oxygen atoms in total. The molecule has 0 unspecified atom stereocenters. The molecule has 7 heteroatoms. The van der Waals surface area contributed by atoms with Gasteiger partial charge in [0.1, 0.15) is 0 Å². The van der Waals surface area contributed by atoms with Crippen molar-refractivity contribution in [3.8, 4) is 0 Å². The van der Waals surface area contributed by atoms with E-state index in [9.17, 15) is 0 Å². The zero-order valence-electron chi connectivity index (χ0n) is 15.4. The average molecular weight is 447 g/mol. The van der Waals surface area contributed by atoms with Gasteiger partial charge in [0.05, 0.1) is 11.4 Å². The summed E-state index contributed by atoms with van der Waals surface area (Å²) in [4.78, 5) is 10.1. The van der Waals surface area contributed by atoms with E-state index in [1.54, 1.807) is 0 Å². The summed E-state index contributed by atoms with van der Waals surface area (Å²) < 4.78 is 0. The molecule has 0 atom stereocenters. The molecule has 2 aromatic carbocycles. The number of hydrogen-bond donors (Lipinski definition) is 0. The summed E-state index contributed by atoms with van der Waals surface area (Å²) >= 11 is 8.13. The molecule has 2 aliphatic rings. The summed E-state index contributed by atoms with van der Waals surface area (Å²) in [6.45, 7) is 6.92. The van der Waals surface area contributed by atoms with Gasteiger partial charge in [0, 0.05) is 47.5 Å². The first-order chi connectivity index (χ1) is 12.2. The Labute approximate surface area is 183 Å². The largest absolute Gasteiger partial charge is 0.340 e. The molecule has 0 aliphatic carbocycles. The Balaban J connectivity index is 0.00000131. The maximum Gasteiger partial charge on any atom is 0.0567 e. The van der Waals surface area contributed by atoms with Crippen molar-refractivity contribution in [3.63, 3.8) is 0 Å². The van der Waals surface area contributed by atoms with Crippen LogP contribution >= 0.6 is 48.2 Å². The minimum Gasteiger partial charge on any atom is -0.340 e. The number of rotatable bonds is 4. The average Bonchev–Trinajstić information content (AvgIpc) is 2.63. The second-order valence-electron chi connectivity index (χ2n) is 6.83. The molecule has 2 heterocycles. The van der Waals surface area contributed by atoms with Gasteiger partial charge in [-0.2, -0.15) is 0 Å². The fourth-order valence-corrected chi connectivity index (χ4v) is 4.81. The third kappa shape index (κ3) is 5.26. The van der Waals surface area contributed by atoms with Crippen LogP contribution in [0.4, 0.5) is 11.4 Å². The fraction of sp³-hybridized carbons (Fsp3) is 0.400. The standard InChI is InChI=1S/C20H24ClN3S.2ClH/c1-22-11-13-23(14-12-22)9-4-10-24-17-5-2-3-6-19(17)25-20-8-7-16(21)15-18(20)24;;/h2-3,5-8,15H,4,9-14H2,1H3;2*1H. The molecule has 27 heavy (non-hydrogen) atoms. The van der Waals surface area contributed by atoms with Gasteiger partial charge >= 0.3 is 0 Å². The van der Waals surface area contributed by atoms with Crippen molar-refractivity contribution in [2.45, 2.75) is 16.2 Å². The maximum atomic E-state index is 6.29. The van der Waals surface area contributed by atoms with E-state index in [0.29, 0.717) is 0 Å². The number of hydrogen-bond acceptors (Lipinski definition) is 4. The zero-order valence-corrected chi connectivity index (χ0v) is 18.6. The lowest BCUT2D eigenvalue weighted by molar-refractivity contribution is 0.153. The normalized spacial score (nSPS) is 16.7. The molecule has 2 aromatic rings. The lowest BCUT2D eigenvalue weighted by atomic mass is 10.2. The van der Waals surface area contributed by atoms with Gasteiger partial charge in [0.2, 0.25) is 0 Å². The van der Waals surface area contributed by atoms with E-state index in [4.69, 9.17) is 11.6 Å². The summed E-state index contributed by atoms with van der Waals surface area (Å²) in [5, 5.41) is 0.808. The lowest BCUT2D eigenvalue weighted by Crippen LogP contribution is -2.45. The van der Waals surface area contributed by atoms with Crippen molar-refractivity contribution in [2.24, 2.45) is 0 Å². The minimum absolute atomic E-state index is 0.